The van der Waals surface area contributed by atoms with Gasteiger partial charge < -0.3 is 10.4 Å². The van der Waals surface area contributed by atoms with E-state index in [9.17, 15) is 4.79 Å². The predicted octanol–water partition coefficient (Wildman–Crippen LogP) is 0.672. The fourth-order valence-electron chi connectivity index (χ4n) is 3.21. The van der Waals surface area contributed by atoms with E-state index in [4.69, 9.17) is 5.11 Å². The highest BCUT2D eigenvalue weighted by Gasteiger charge is 2.56. The Morgan fingerprint density at radius 1 is 1.21 bits per heavy atom. The molecule has 0 spiro atoms. The normalized spacial score (nSPS) is 49.4. The summed E-state index contributed by atoms with van der Waals surface area (Å²) in [7, 11) is 0. The largest absolute Gasteiger partial charge is 0.393 e. The van der Waals surface area contributed by atoms with Crippen LogP contribution in [0.25, 0.3) is 0 Å². The van der Waals surface area contributed by atoms with Crippen molar-refractivity contribution in [3.05, 3.63) is 0 Å². The van der Waals surface area contributed by atoms with Gasteiger partial charge in [-0.3, -0.25) is 4.79 Å². The topological polar surface area (TPSA) is 49.3 Å². The minimum Gasteiger partial charge on any atom is -0.393 e. The van der Waals surface area contributed by atoms with Crippen LogP contribution in [0.15, 0.2) is 0 Å². The molecular formula is C11H17NO2. The fraction of sp³-hybridized carbons (Fsp3) is 0.909. The number of amides is 1. The number of aliphatic hydroxyl groups excluding tert-OH is 1. The van der Waals surface area contributed by atoms with E-state index < -0.39 is 0 Å². The van der Waals surface area contributed by atoms with Gasteiger partial charge in [-0.05, 0) is 37.5 Å². The Hall–Kier alpha value is -0.570. The lowest BCUT2D eigenvalue weighted by Crippen LogP contribution is -2.47. The molecule has 2 atom stereocenters. The van der Waals surface area contributed by atoms with Gasteiger partial charge >= 0.3 is 0 Å². The van der Waals surface area contributed by atoms with Crippen molar-refractivity contribution < 1.29 is 9.90 Å². The standard InChI is InChI=1S/C11H17NO2/c13-7-4-6(5-7)12-11(14)10-8-2-1-3-9(8)10/h6-10,13H,1-5H2,(H,12,14). The minimum atomic E-state index is -0.168. The zero-order valence-electron chi connectivity index (χ0n) is 8.28. The molecule has 0 aliphatic heterocycles. The van der Waals surface area contributed by atoms with Crippen molar-refractivity contribution in [2.24, 2.45) is 17.8 Å². The van der Waals surface area contributed by atoms with E-state index in [0.29, 0.717) is 17.8 Å². The van der Waals surface area contributed by atoms with Gasteiger partial charge in [0.25, 0.3) is 0 Å². The molecule has 78 valence electrons. The van der Waals surface area contributed by atoms with Crippen LogP contribution >= 0.6 is 0 Å². The predicted molar refractivity (Wildman–Crippen MR) is 51.5 cm³/mol. The molecule has 0 heterocycles. The number of carbonyl (C=O) groups excluding carboxylic acids is 1. The first-order chi connectivity index (χ1) is 6.75. The molecule has 0 aromatic heterocycles. The van der Waals surface area contributed by atoms with Crippen molar-refractivity contribution in [3.63, 3.8) is 0 Å². The third kappa shape index (κ3) is 1.26. The average molecular weight is 195 g/mol. The molecule has 14 heavy (non-hydrogen) atoms. The first kappa shape index (κ1) is 8.72. The summed E-state index contributed by atoms with van der Waals surface area (Å²) in [5, 5.41) is 12.1. The highest BCUT2D eigenvalue weighted by atomic mass is 16.3. The van der Waals surface area contributed by atoms with Gasteiger partial charge in [-0.2, -0.15) is 0 Å². The first-order valence-corrected chi connectivity index (χ1v) is 5.74. The van der Waals surface area contributed by atoms with Crippen molar-refractivity contribution in [2.75, 3.05) is 0 Å². The molecule has 3 nitrogen and oxygen atoms in total. The second-order valence-corrected chi connectivity index (χ2v) is 5.12. The van der Waals surface area contributed by atoms with Gasteiger partial charge in [-0.15, -0.1) is 0 Å². The maximum absolute atomic E-state index is 11.7. The molecular weight excluding hydrogens is 178 g/mol. The van der Waals surface area contributed by atoms with Crippen molar-refractivity contribution in [1.82, 2.24) is 5.32 Å². The molecule has 3 fully saturated rings. The van der Waals surface area contributed by atoms with Crippen LogP contribution < -0.4 is 5.32 Å². The van der Waals surface area contributed by atoms with Crippen molar-refractivity contribution >= 4 is 5.91 Å². The Bertz CT molecular complexity index is 250. The molecule has 0 saturated heterocycles. The van der Waals surface area contributed by atoms with E-state index in [1.165, 1.54) is 19.3 Å². The van der Waals surface area contributed by atoms with Crippen LogP contribution in [0.3, 0.4) is 0 Å². The summed E-state index contributed by atoms with van der Waals surface area (Å²) < 4.78 is 0. The van der Waals surface area contributed by atoms with Gasteiger partial charge in [-0.1, -0.05) is 6.42 Å². The van der Waals surface area contributed by atoms with E-state index in [-0.39, 0.29) is 18.1 Å². The Morgan fingerprint density at radius 2 is 1.86 bits per heavy atom. The molecule has 0 bridgehead atoms. The summed E-state index contributed by atoms with van der Waals surface area (Å²) >= 11 is 0. The van der Waals surface area contributed by atoms with Gasteiger partial charge in [0.15, 0.2) is 0 Å². The van der Waals surface area contributed by atoms with E-state index >= 15 is 0 Å². The second-order valence-electron chi connectivity index (χ2n) is 5.12. The van der Waals surface area contributed by atoms with E-state index in [2.05, 4.69) is 5.32 Å². The number of rotatable bonds is 2. The second kappa shape index (κ2) is 2.96. The minimum absolute atomic E-state index is 0.168. The Kier molecular flexibility index (Phi) is 1.84. The number of nitrogens with one attached hydrogen (secondary N) is 1. The van der Waals surface area contributed by atoms with Gasteiger partial charge in [0.1, 0.15) is 0 Å². The number of carbonyl (C=O) groups is 1. The summed E-state index contributed by atoms with van der Waals surface area (Å²) in [4.78, 5) is 11.7. The van der Waals surface area contributed by atoms with Crippen LogP contribution in [0.2, 0.25) is 0 Å². The third-order valence-corrected chi connectivity index (χ3v) is 4.17. The Morgan fingerprint density at radius 3 is 2.43 bits per heavy atom. The molecule has 2 unspecified atom stereocenters. The van der Waals surface area contributed by atoms with Crippen LogP contribution in [0.4, 0.5) is 0 Å². The summed E-state index contributed by atoms with van der Waals surface area (Å²) in [5.41, 5.74) is 0. The van der Waals surface area contributed by atoms with Crippen molar-refractivity contribution in [1.29, 1.82) is 0 Å². The molecule has 3 aliphatic carbocycles. The fourth-order valence-corrected chi connectivity index (χ4v) is 3.21. The zero-order chi connectivity index (χ0) is 9.71. The third-order valence-electron chi connectivity index (χ3n) is 4.17. The van der Waals surface area contributed by atoms with Crippen molar-refractivity contribution in [2.45, 2.75) is 44.2 Å². The highest BCUT2D eigenvalue weighted by Crippen LogP contribution is 2.57. The van der Waals surface area contributed by atoms with Crippen LogP contribution in [0, 0.1) is 17.8 Å². The average Bonchev–Trinajstić information content (AvgIpc) is 2.58. The van der Waals surface area contributed by atoms with E-state index in [0.717, 1.165) is 12.8 Å². The SMILES string of the molecule is O=C(NC1CC(O)C1)C1C2CCCC21. The maximum atomic E-state index is 11.7. The van der Waals surface area contributed by atoms with Gasteiger partial charge in [0.05, 0.1) is 6.10 Å². The smallest absolute Gasteiger partial charge is 0.223 e. The lowest BCUT2D eigenvalue weighted by Gasteiger charge is -2.32. The molecule has 3 aliphatic rings. The molecule has 3 heteroatoms. The Labute approximate surface area is 83.9 Å². The quantitative estimate of drug-likeness (QED) is 0.680. The number of fused-ring (bicyclic) bond motifs is 1. The summed E-state index contributed by atoms with van der Waals surface area (Å²) in [5.74, 6) is 2.01. The van der Waals surface area contributed by atoms with Crippen LogP contribution in [0.5, 0.6) is 0 Å². The van der Waals surface area contributed by atoms with Crippen molar-refractivity contribution in [3.8, 4) is 0 Å². The lowest BCUT2D eigenvalue weighted by molar-refractivity contribution is -0.125. The summed E-state index contributed by atoms with van der Waals surface area (Å²) in [6.45, 7) is 0. The van der Waals surface area contributed by atoms with Gasteiger partial charge in [-0.25, -0.2) is 0 Å². The van der Waals surface area contributed by atoms with Crippen LogP contribution in [0.1, 0.15) is 32.1 Å². The molecule has 0 aromatic rings. The summed E-state index contributed by atoms with van der Waals surface area (Å²) in [6.07, 6.45) is 5.19. The number of aliphatic hydroxyl groups is 1. The maximum Gasteiger partial charge on any atom is 0.223 e. The van der Waals surface area contributed by atoms with Gasteiger partial charge in [0, 0.05) is 12.0 Å². The molecule has 1 amide bonds. The molecule has 2 N–H and O–H groups in total. The van der Waals surface area contributed by atoms with E-state index in [1.54, 1.807) is 0 Å². The number of hydrogen-bond acceptors (Lipinski definition) is 2. The van der Waals surface area contributed by atoms with Crippen LogP contribution in [-0.4, -0.2) is 23.2 Å². The first-order valence-electron chi connectivity index (χ1n) is 5.74. The molecule has 0 radical (unpaired) electrons. The highest BCUT2D eigenvalue weighted by molar-refractivity contribution is 5.82. The Balaban J connectivity index is 1.48. The summed E-state index contributed by atoms with van der Waals surface area (Å²) in [6, 6.07) is 0.263. The van der Waals surface area contributed by atoms with Gasteiger partial charge in [0.2, 0.25) is 5.91 Å². The lowest BCUT2D eigenvalue weighted by atomic mass is 9.89. The molecule has 3 rings (SSSR count). The molecule has 3 saturated carbocycles. The van der Waals surface area contributed by atoms with Crippen LogP contribution in [-0.2, 0) is 4.79 Å². The number of hydrogen-bond donors (Lipinski definition) is 2. The monoisotopic (exact) mass is 195 g/mol. The molecule has 0 aromatic carbocycles. The zero-order valence-corrected chi connectivity index (χ0v) is 8.28. The van der Waals surface area contributed by atoms with E-state index in [1.807, 2.05) is 0 Å².